The number of amides is 1. The summed E-state index contributed by atoms with van der Waals surface area (Å²) in [6.45, 7) is 3.81. The average molecular weight is 381 g/mol. The Morgan fingerprint density at radius 3 is 2.70 bits per heavy atom. The lowest BCUT2D eigenvalue weighted by Crippen LogP contribution is -2.35. The first-order chi connectivity index (χ1) is 13.0. The minimum absolute atomic E-state index is 0.105. The highest BCUT2D eigenvalue weighted by Gasteiger charge is 2.27. The number of aryl methyl sites for hydroxylation is 1. The number of rotatable bonds is 5. The van der Waals surface area contributed by atoms with Crippen molar-refractivity contribution < 1.29 is 4.79 Å². The van der Waals surface area contributed by atoms with Gasteiger partial charge in [0.25, 0.3) is 11.9 Å². The van der Waals surface area contributed by atoms with Gasteiger partial charge in [-0.05, 0) is 43.7 Å². The SMILES string of the molecule is C#CCN(C(=O)c1cc(C)cc(Cl)c1)C(C)c1ncnn1-c1ncccn1. The largest absolute Gasteiger partial charge is 0.318 e. The predicted octanol–water partition coefficient (Wildman–Crippen LogP) is 2.86. The number of hydrogen-bond donors (Lipinski definition) is 0. The van der Waals surface area contributed by atoms with Crippen molar-refractivity contribution >= 4 is 17.5 Å². The second-order valence-corrected chi connectivity index (χ2v) is 6.35. The fourth-order valence-corrected chi connectivity index (χ4v) is 3.03. The van der Waals surface area contributed by atoms with Gasteiger partial charge in [0.15, 0.2) is 5.82 Å². The summed E-state index contributed by atoms with van der Waals surface area (Å²) in [5.74, 6) is 3.16. The van der Waals surface area contributed by atoms with Crippen LogP contribution in [0, 0.1) is 19.3 Å². The molecule has 0 aliphatic rings. The van der Waals surface area contributed by atoms with Crippen LogP contribution in [0.4, 0.5) is 0 Å². The van der Waals surface area contributed by atoms with Crippen LogP contribution in [0.1, 0.15) is 34.7 Å². The lowest BCUT2D eigenvalue weighted by Gasteiger charge is -2.27. The van der Waals surface area contributed by atoms with E-state index in [4.69, 9.17) is 18.0 Å². The maximum Gasteiger partial charge on any atom is 0.255 e. The Morgan fingerprint density at radius 1 is 1.30 bits per heavy atom. The van der Waals surface area contributed by atoms with Crippen molar-refractivity contribution in [2.45, 2.75) is 19.9 Å². The Kier molecular flexibility index (Phi) is 5.48. The highest BCUT2D eigenvalue weighted by Crippen LogP contribution is 2.23. The van der Waals surface area contributed by atoms with Gasteiger partial charge in [-0.3, -0.25) is 4.79 Å². The molecular weight excluding hydrogens is 364 g/mol. The first-order valence-corrected chi connectivity index (χ1v) is 8.58. The maximum atomic E-state index is 13.1. The molecule has 1 aromatic carbocycles. The summed E-state index contributed by atoms with van der Waals surface area (Å²) >= 11 is 6.11. The van der Waals surface area contributed by atoms with Gasteiger partial charge in [-0.15, -0.1) is 6.42 Å². The van der Waals surface area contributed by atoms with E-state index in [0.29, 0.717) is 22.4 Å². The van der Waals surface area contributed by atoms with Crippen LogP contribution in [0.3, 0.4) is 0 Å². The van der Waals surface area contributed by atoms with Gasteiger partial charge in [0.1, 0.15) is 6.33 Å². The van der Waals surface area contributed by atoms with Gasteiger partial charge in [-0.1, -0.05) is 17.5 Å². The molecule has 3 aromatic rings. The number of carbonyl (C=O) groups excluding carboxylic acids is 1. The lowest BCUT2D eigenvalue weighted by molar-refractivity contribution is 0.0710. The first-order valence-electron chi connectivity index (χ1n) is 8.20. The zero-order chi connectivity index (χ0) is 19.4. The molecule has 8 heteroatoms. The van der Waals surface area contributed by atoms with E-state index in [1.165, 1.54) is 15.9 Å². The van der Waals surface area contributed by atoms with Crippen molar-refractivity contribution in [3.8, 4) is 18.3 Å². The van der Waals surface area contributed by atoms with Gasteiger partial charge in [0.05, 0.1) is 12.6 Å². The van der Waals surface area contributed by atoms with Gasteiger partial charge in [0, 0.05) is 23.0 Å². The van der Waals surface area contributed by atoms with Gasteiger partial charge >= 0.3 is 0 Å². The van der Waals surface area contributed by atoms with Crippen LogP contribution in [0.2, 0.25) is 5.02 Å². The Labute approximate surface area is 162 Å². The zero-order valence-electron chi connectivity index (χ0n) is 14.9. The zero-order valence-corrected chi connectivity index (χ0v) is 15.6. The summed E-state index contributed by atoms with van der Waals surface area (Å²) in [5.41, 5.74) is 1.35. The molecule has 0 N–H and O–H groups in total. The van der Waals surface area contributed by atoms with E-state index in [0.717, 1.165) is 5.56 Å². The van der Waals surface area contributed by atoms with E-state index in [9.17, 15) is 4.79 Å². The van der Waals surface area contributed by atoms with E-state index >= 15 is 0 Å². The molecule has 27 heavy (non-hydrogen) atoms. The van der Waals surface area contributed by atoms with E-state index in [1.807, 2.05) is 13.8 Å². The van der Waals surface area contributed by atoms with Crippen molar-refractivity contribution in [2.75, 3.05) is 6.54 Å². The summed E-state index contributed by atoms with van der Waals surface area (Å²) < 4.78 is 1.49. The molecule has 0 bridgehead atoms. The molecule has 2 heterocycles. The summed E-state index contributed by atoms with van der Waals surface area (Å²) in [6, 6.07) is 6.43. The van der Waals surface area contributed by atoms with Crippen LogP contribution in [0.15, 0.2) is 43.0 Å². The molecule has 0 spiro atoms. The topological polar surface area (TPSA) is 76.8 Å². The van der Waals surface area contributed by atoms with Crippen LogP contribution in [-0.2, 0) is 0 Å². The molecule has 3 rings (SSSR count). The molecule has 0 fully saturated rings. The number of halogens is 1. The van der Waals surface area contributed by atoms with Crippen LogP contribution < -0.4 is 0 Å². The molecule has 0 aliphatic heterocycles. The predicted molar refractivity (Wildman–Crippen MR) is 101 cm³/mol. The highest BCUT2D eigenvalue weighted by atomic mass is 35.5. The second kappa shape index (κ2) is 7.98. The van der Waals surface area contributed by atoms with E-state index in [2.05, 4.69) is 26.0 Å². The minimum Gasteiger partial charge on any atom is -0.318 e. The molecule has 0 saturated heterocycles. The number of nitrogens with zero attached hydrogens (tertiary/aromatic N) is 6. The summed E-state index contributed by atoms with van der Waals surface area (Å²) in [7, 11) is 0. The van der Waals surface area contributed by atoms with E-state index < -0.39 is 6.04 Å². The Balaban J connectivity index is 1.98. The van der Waals surface area contributed by atoms with Crippen LogP contribution in [-0.4, -0.2) is 42.1 Å². The van der Waals surface area contributed by atoms with Gasteiger partial charge < -0.3 is 4.90 Å². The third-order valence-electron chi connectivity index (χ3n) is 3.97. The molecule has 2 aromatic heterocycles. The van der Waals surface area contributed by atoms with Crippen molar-refractivity contribution in [1.29, 1.82) is 0 Å². The fourth-order valence-electron chi connectivity index (χ4n) is 2.74. The highest BCUT2D eigenvalue weighted by molar-refractivity contribution is 6.31. The van der Waals surface area contributed by atoms with Crippen molar-refractivity contribution in [2.24, 2.45) is 0 Å². The Bertz CT molecular complexity index is 975. The Morgan fingerprint density at radius 2 is 2.04 bits per heavy atom. The average Bonchev–Trinajstić information content (AvgIpc) is 3.15. The van der Waals surface area contributed by atoms with Crippen molar-refractivity contribution in [1.82, 2.24) is 29.6 Å². The molecule has 0 aliphatic carbocycles. The lowest BCUT2D eigenvalue weighted by atomic mass is 10.1. The molecule has 7 nitrogen and oxygen atoms in total. The van der Waals surface area contributed by atoms with Crippen molar-refractivity contribution in [3.05, 3.63) is 65.0 Å². The maximum absolute atomic E-state index is 13.1. The summed E-state index contributed by atoms with van der Waals surface area (Å²) in [4.78, 5) is 27.3. The number of terminal acetylenes is 1. The van der Waals surface area contributed by atoms with Gasteiger partial charge in [-0.25, -0.2) is 15.0 Å². The molecule has 1 unspecified atom stereocenters. The number of benzene rings is 1. The summed E-state index contributed by atoms with van der Waals surface area (Å²) in [6.07, 6.45) is 10.1. The molecule has 0 saturated carbocycles. The molecule has 1 amide bonds. The summed E-state index contributed by atoms with van der Waals surface area (Å²) in [5, 5.41) is 4.67. The third-order valence-corrected chi connectivity index (χ3v) is 4.19. The molecule has 1 atom stereocenters. The number of carbonyl (C=O) groups is 1. The third kappa shape index (κ3) is 3.96. The van der Waals surface area contributed by atoms with Crippen LogP contribution in [0.25, 0.3) is 5.95 Å². The normalized spacial score (nSPS) is 11.6. The number of hydrogen-bond acceptors (Lipinski definition) is 5. The van der Waals surface area contributed by atoms with Gasteiger partial charge in [0.2, 0.25) is 0 Å². The standard InChI is InChI=1S/C19H17ClN6O/c1-4-8-25(18(27)15-9-13(2)10-16(20)11-15)14(3)17-23-12-24-26(17)19-21-6-5-7-22-19/h1,5-7,9-12,14H,8H2,2-3H3. The van der Waals surface area contributed by atoms with Crippen LogP contribution >= 0.6 is 11.6 Å². The first kappa shape index (κ1) is 18.5. The molecular formula is C19H17ClN6O. The van der Waals surface area contributed by atoms with Crippen LogP contribution in [0.5, 0.6) is 0 Å². The van der Waals surface area contributed by atoms with E-state index in [-0.39, 0.29) is 12.5 Å². The molecule has 136 valence electrons. The monoisotopic (exact) mass is 380 g/mol. The Hall–Kier alpha value is -3.24. The smallest absolute Gasteiger partial charge is 0.255 e. The van der Waals surface area contributed by atoms with E-state index in [1.54, 1.807) is 36.7 Å². The minimum atomic E-state index is -0.459. The van der Waals surface area contributed by atoms with Crippen molar-refractivity contribution in [3.63, 3.8) is 0 Å². The molecule has 0 radical (unpaired) electrons. The quantitative estimate of drug-likeness (QED) is 0.636. The van der Waals surface area contributed by atoms with Gasteiger partial charge in [-0.2, -0.15) is 9.78 Å². The number of aromatic nitrogens is 5. The fraction of sp³-hybridized carbons (Fsp3) is 0.211. The second-order valence-electron chi connectivity index (χ2n) is 5.91.